The van der Waals surface area contributed by atoms with E-state index in [9.17, 15) is 20.1 Å². The molecule has 3 radical (unpaired) electrons. The Labute approximate surface area is 216 Å². The standard InChI is InChI=1S/C24H50N2O5.Bi/c1-19(27)15-25(16-20(2)28)13-14-26(17-21(3)29)18-22(4)31-23(30)11-9-8-10-12-24(5,6)7;/h19-22,27-29H,8-18H2,1-7H3;. The van der Waals surface area contributed by atoms with E-state index in [0.717, 1.165) is 25.7 Å². The largest absolute Gasteiger partial charge is 0.461 e. The van der Waals surface area contributed by atoms with E-state index >= 15 is 0 Å². The summed E-state index contributed by atoms with van der Waals surface area (Å²) in [7, 11) is 0. The molecule has 0 aliphatic carbocycles. The van der Waals surface area contributed by atoms with Crippen LogP contribution in [0.1, 0.15) is 80.6 Å². The number of nitrogens with zero attached hydrogens (tertiary/aromatic N) is 2. The van der Waals surface area contributed by atoms with Crippen molar-refractivity contribution in [1.29, 1.82) is 0 Å². The molecule has 191 valence electrons. The van der Waals surface area contributed by atoms with Gasteiger partial charge in [0.1, 0.15) is 6.10 Å². The first kappa shape index (κ1) is 34.3. The van der Waals surface area contributed by atoms with Crippen molar-refractivity contribution in [2.45, 2.75) is 105 Å². The van der Waals surface area contributed by atoms with E-state index in [-0.39, 0.29) is 38.3 Å². The molecular weight excluding hydrogens is 605 g/mol. The molecule has 4 atom stereocenters. The first-order valence-corrected chi connectivity index (χ1v) is 12.0. The predicted octanol–water partition coefficient (Wildman–Crippen LogP) is 2.28. The monoisotopic (exact) mass is 655 g/mol. The van der Waals surface area contributed by atoms with Crippen LogP contribution in [0.15, 0.2) is 0 Å². The molecule has 7 nitrogen and oxygen atoms in total. The molecule has 0 fully saturated rings. The summed E-state index contributed by atoms with van der Waals surface area (Å²) >= 11 is 0. The average Bonchev–Trinajstić information content (AvgIpc) is 2.56. The Kier molecular flexibility index (Phi) is 19.8. The number of rotatable bonds is 17. The molecule has 0 saturated carbocycles. The quantitative estimate of drug-likeness (QED) is 0.126. The molecule has 0 saturated heterocycles. The maximum atomic E-state index is 12.2. The minimum atomic E-state index is -0.493. The van der Waals surface area contributed by atoms with Gasteiger partial charge in [-0.05, 0) is 46.0 Å². The van der Waals surface area contributed by atoms with Crippen molar-refractivity contribution in [2.75, 3.05) is 39.3 Å². The fraction of sp³-hybridized carbons (Fsp3) is 0.958. The van der Waals surface area contributed by atoms with E-state index in [1.54, 1.807) is 20.8 Å². The number of aliphatic hydroxyl groups is 3. The molecule has 0 rings (SSSR count). The molecule has 32 heavy (non-hydrogen) atoms. The molecule has 0 aliphatic heterocycles. The van der Waals surface area contributed by atoms with Crippen LogP contribution in [-0.4, -0.2) is 121 Å². The molecule has 4 unspecified atom stereocenters. The molecule has 0 amide bonds. The Hall–Kier alpha value is 0.153. The average molecular weight is 656 g/mol. The van der Waals surface area contributed by atoms with Crippen LogP contribution in [0.3, 0.4) is 0 Å². The third kappa shape index (κ3) is 22.0. The summed E-state index contributed by atoms with van der Waals surface area (Å²) in [6.45, 7) is 17.1. The predicted molar refractivity (Wildman–Crippen MR) is 132 cm³/mol. The third-order valence-electron chi connectivity index (χ3n) is 4.96. The second-order valence-corrected chi connectivity index (χ2v) is 10.5. The van der Waals surface area contributed by atoms with Crippen molar-refractivity contribution >= 4 is 32.2 Å². The van der Waals surface area contributed by atoms with Gasteiger partial charge in [0.2, 0.25) is 0 Å². The molecular formula is C24H50BiN2O5. The summed E-state index contributed by atoms with van der Waals surface area (Å²) in [5.41, 5.74) is 0.336. The number of unbranched alkanes of at least 4 members (excludes halogenated alkanes) is 2. The summed E-state index contributed by atoms with van der Waals surface area (Å²) in [6.07, 6.45) is 2.92. The zero-order chi connectivity index (χ0) is 24.0. The van der Waals surface area contributed by atoms with Gasteiger partial charge in [-0.25, -0.2) is 0 Å². The molecule has 0 aliphatic rings. The zero-order valence-electron chi connectivity index (χ0n) is 21.6. The fourth-order valence-corrected chi connectivity index (χ4v) is 3.70. The van der Waals surface area contributed by atoms with Crippen molar-refractivity contribution in [3.05, 3.63) is 0 Å². The van der Waals surface area contributed by atoms with Crippen molar-refractivity contribution in [1.82, 2.24) is 9.80 Å². The van der Waals surface area contributed by atoms with Crippen LogP contribution in [0.5, 0.6) is 0 Å². The smallest absolute Gasteiger partial charge is 0.306 e. The Morgan fingerprint density at radius 1 is 0.781 bits per heavy atom. The van der Waals surface area contributed by atoms with Crippen molar-refractivity contribution in [3.8, 4) is 0 Å². The molecule has 0 spiro atoms. The van der Waals surface area contributed by atoms with E-state index in [1.807, 2.05) is 11.8 Å². The Morgan fingerprint density at radius 3 is 1.62 bits per heavy atom. The van der Waals surface area contributed by atoms with Crippen LogP contribution >= 0.6 is 0 Å². The number of esters is 1. The first-order valence-electron chi connectivity index (χ1n) is 12.0. The van der Waals surface area contributed by atoms with E-state index in [0.29, 0.717) is 51.1 Å². The van der Waals surface area contributed by atoms with Gasteiger partial charge in [-0.2, -0.15) is 0 Å². The van der Waals surface area contributed by atoms with Gasteiger partial charge in [-0.15, -0.1) is 0 Å². The van der Waals surface area contributed by atoms with E-state index in [2.05, 4.69) is 25.7 Å². The molecule has 0 heterocycles. The Balaban J connectivity index is 0. The molecule has 3 N–H and O–H groups in total. The molecule has 0 aromatic heterocycles. The van der Waals surface area contributed by atoms with Crippen LogP contribution in [0, 0.1) is 5.41 Å². The zero-order valence-corrected chi connectivity index (χ0v) is 25.1. The summed E-state index contributed by atoms with van der Waals surface area (Å²) in [4.78, 5) is 16.3. The number of hydrogen-bond donors (Lipinski definition) is 3. The van der Waals surface area contributed by atoms with Crippen LogP contribution in [0.2, 0.25) is 0 Å². The van der Waals surface area contributed by atoms with Crippen LogP contribution in [0.4, 0.5) is 0 Å². The minimum Gasteiger partial charge on any atom is -0.461 e. The van der Waals surface area contributed by atoms with Crippen LogP contribution in [0.25, 0.3) is 0 Å². The normalized spacial score (nSPS) is 15.9. The van der Waals surface area contributed by atoms with Gasteiger partial charge in [0.15, 0.2) is 0 Å². The molecule has 0 aromatic rings. The molecule has 0 aromatic carbocycles. The van der Waals surface area contributed by atoms with Gasteiger partial charge in [0, 0.05) is 71.9 Å². The maximum absolute atomic E-state index is 12.2. The first-order chi connectivity index (χ1) is 14.3. The number of aliphatic hydroxyl groups excluding tert-OH is 3. The maximum Gasteiger partial charge on any atom is 0.306 e. The van der Waals surface area contributed by atoms with Gasteiger partial charge >= 0.3 is 5.97 Å². The van der Waals surface area contributed by atoms with Crippen molar-refractivity contribution < 1.29 is 24.9 Å². The van der Waals surface area contributed by atoms with Crippen LogP contribution < -0.4 is 0 Å². The number of carbonyl (C=O) groups is 1. The number of hydrogen-bond acceptors (Lipinski definition) is 7. The van der Waals surface area contributed by atoms with Gasteiger partial charge in [-0.3, -0.25) is 14.6 Å². The van der Waals surface area contributed by atoms with E-state index < -0.39 is 18.3 Å². The van der Waals surface area contributed by atoms with Crippen LogP contribution in [-0.2, 0) is 9.53 Å². The van der Waals surface area contributed by atoms with Gasteiger partial charge in [0.25, 0.3) is 0 Å². The Bertz CT molecular complexity index is 460. The fourth-order valence-electron chi connectivity index (χ4n) is 3.70. The second-order valence-electron chi connectivity index (χ2n) is 10.5. The summed E-state index contributed by atoms with van der Waals surface area (Å²) in [5, 5.41) is 29.3. The third-order valence-corrected chi connectivity index (χ3v) is 4.96. The number of carbonyl (C=O) groups excluding carboxylic acids is 1. The SMILES string of the molecule is CC(O)CN(CCN(CC(C)O)CC(C)OC(=O)CCCCCC(C)(C)C)CC(C)O.[Bi]. The molecule has 8 heteroatoms. The number of ether oxygens (including phenoxy) is 1. The summed E-state index contributed by atoms with van der Waals surface area (Å²) in [6, 6.07) is 0. The van der Waals surface area contributed by atoms with Gasteiger partial charge < -0.3 is 20.1 Å². The van der Waals surface area contributed by atoms with E-state index in [1.165, 1.54) is 0 Å². The second kappa shape index (κ2) is 18.5. The topological polar surface area (TPSA) is 93.5 Å². The van der Waals surface area contributed by atoms with E-state index in [4.69, 9.17) is 4.74 Å². The summed E-state index contributed by atoms with van der Waals surface area (Å²) in [5.74, 6) is -0.162. The Morgan fingerprint density at radius 2 is 1.22 bits per heavy atom. The molecule has 0 bridgehead atoms. The summed E-state index contributed by atoms with van der Waals surface area (Å²) < 4.78 is 5.59. The van der Waals surface area contributed by atoms with Crippen molar-refractivity contribution in [2.24, 2.45) is 5.41 Å². The van der Waals surface area contributed by atoms with Gasteiger partial charge in [0.05, 0.1) is 18.3 Å². The minimum absolute atomic E-state index is 0. The van der Waals surface area contributed by atoms with Gasteiger partial charge in [-0.1, -0.05) is 33.6 Å². The van der Waals surface area contributed by atoms with Crippen molar-refractivity contribution in [3.63, 3.8) is 0 Å².